The van der Waals surface area contributed by atoms with E-state index >= 15 is 0 Å². The molecule has 0 amide bonds. The predicted octanol–water partition coefficient (Wildman–Crippen LogP) is 4.44. The zero-order valence-corrected chi connectivity index (χ0v) is 14.6. The predicted molar refractivity (Wildman–Crippen MR) is 86.3 cm³/mol. The molecule has 0 aliphatic heterocycles. The topological polar surface area (TPSA) is 24.9 Å². The van der Waals surface area contributed by atoms with Gasteiger partial charge in [0.1, 0.15) is 0 Å². The number of pyridine rings is 1. The van der Waals surface area contributed by atoms with E-state index in [9.17, 15) is 0 Å². The minimum absolute atomic E-state index is 0.166. The molecule has 0 saturated heterocycles. The number of aromatic nitrogens is 1. The second-order valence-electron chi connectivity index (χ2n) is 7.41. The van der Waals surface area contributed by atoms with Gasteiger partial charge in [0.05, 0.1) is 0 Å². The van der Waals surface area contributed by atoms with E-state index in [2.05, 4.69) is 73.8 Å². The van der Waals surface area contributed by atoms with Crippen molar-refractivity contribution >= 4 is 15.9 Å². The third-order valence-electron chi connectivity index (χ3n) is 3.35. The molecule has 0 fully saturated rings. The summed E-state index contributed by atoms with van der Waals surface area (Å²) >= 11 is 3.50. The first-order valence-electron chi connectivity index (χ1n) is 6.92. The summed E-state index contributed by atoms with van der Waals surface area (Å²) in [5.74, 6) is 0.586. The van der Waals surface area contributed by atoms with E-state index < -0.39 is 0 Å². The molecule has 1 aromatic heterocycles. The molecule has 1 atom stereocenters. The zero-order valence-electron chi connectivity index (χ0n) is 13.0. The second-order valence-corrected chi connectivity index (χ2v) is 8.33. The lowest BCUT2D eigenvalue weighted by Gasteiger charge is -2.34. The van der Waals surface area contributed by atoms with E-state index in [-0.39, 0.29) is 11.0 Å². The van der Waals surface area contributed by atoms with Crippen LogP contribution in [-0.2, 0) is 6.42 Å². The molecule has 0 aliphatic carbocycles. The molecule has 1 N–H and O–H groups in total. The van der Waals surface area contributed by atoms with Gasteiger partial charge in [-0.2, -0.15) is 0 Å². The van der Waals surface area contributed by atoms with Crippen molar-refractivity contribution in [2.24, 2.45) is 11.3 Å². The summed E-state index contributed by atoms with van der Waals surface area (Å²) in [7, 11) is 0. The molecule has 108 valence electrons. The first-order valence-corrected chi connectivity index (χ1v) is 7.72. The monoisotopic (exact) mass is 326 g/mol. The maximum atomic E-state index is 4.26. The fraction of sp³-hybridized carbons (Fsp3) is 0.688. The van der Waals surface area contributed by atoms with Gasteiger partial charge in [0.2, 0.25) is 0 Å². The molecule has 1 heterocycles. The van der Waals surface area contributed by atoms with E-state index in [1.165, 1.54) is 5.56 Å². The molecule has 19 heavy (non-hydrogen) atoms. The fourth-order valence-corrected chi connectivity index (χ4v) is 2.38. The minimum atomic E-state index is 0.166. The van der Waals surface area contributed by atoms with Crippen LogP contribution in [0.25, 0.3) is 0 Å². The first kappa shape index (κ1) is 16.6. The Morgan fingerprint density at radius 1 is 1.16 bits per heavy atom. The number of hydrogen-bond donors (Lipinski definition) is 1. The highest BCUT2D eigenvalue weighted by atomic mass is 79.9. The number of halogens is 1. The summed E-state index contributed by atoms with van der Waals surface area (Å²) in [4.78, 5) is 4.26. The van der Waals surface area contributed by atoms with E-state index in [1.54, 1.807) is 0 Å². The summed E-state index contributed by atoms with van der Waals surface area (Å²) in [5.41, 5.74) is 1.74. The van der Waals surface area contributed by atoms with E-state index in [0.29, 0.717) is 5.92 Å². The van der Waals surface area contributed by atoms with Crippen LogP contribution in [0.2, 0.25) is 0 Å². The van der Waals surface area contributed by atoms with E-state index in [4.69, 9.17) is 0 Å². The van der Waals surface area contributed by atoms with Crippen LogP contribution in [-0.4, -0.2) is 17.1 Å². The van der Waals surface area contributed by atoms with Gasteiger partial charge >= 0.3 is 0 Å². The van der Waals surface area contributed by atoms with Gasteiger partial charge in [-0.15, -0.1) is 0 Å². The Labute approximate surface area is 126 Å². The molecule has 0 radical (unpaired) electrons. The van der Waals surface area contributed by atoms with Crippen molar-refractivity contribution < 1.29 is 0 Å². The molecule has 0 saturated carbocycles. The number of hydrogen-bond acceptors (Lipinski definition) is 2. The molecular weight excluding hydrogens is 300 g/mol. The van der Waals surface area contributed by atoms with Crippen LogP contribution in [0.3, 0.4) is 0 Å². The Morgan fingerprint density at radius 2 is 1.79 bits per heavy atom. The highest BCUT2D eigenvalue weighted by molar-refractivity contribution is 9.10. The molecule has 3 heteroatoms. The SMILES string of the molecule is CC(C)(C)NCC(Cc1cncc(Br)c1)C(C)(C)C. The van der Waals surface area contributed by atoms with Crippen LogP contribution in [0.5, 0.6) is 0 Å². The van der Waals surface area contributed by atoms with Gasteiger partial charge < -0.3 is 5.32 Å². The fourth-order valence-electron chi connectivity index (χ4n) is 1.97. The van der Waals surface area contributed by atoms with Gasteiger partial charge in [0, 0.05) is 22.4 Å². The highest BCUT2D eigenvalue weighted by Crippen LogP contribution is 2.29. The molecular formula is C16H27BrN2. The number of rotatable bonds is 4. The first-order chi connectivity index (χ1) is 8.58. The van der Waals surface area contributed by atoms with Crippen LogP contribution in [0, 0.1) is 11.3 Å². The van der Waals surface area contributed by atoms with Gasteiger partial charge in [-0.1, -0.05) is 20.8 Å². The van der Waals surface area contributed by atoms with Crippen molar-refractivity contribution in [3.05, 3.63) is 28.5 Å². The van der Waals surface area contributed by atoms with Crippen LogP contribution >= 0.6 is 15.9 Å². The summed E-state index contributed by atoms with van der Waals surface area (Å²) < 4.78 is 1.06. The molecule has 1 aromatic rings. The van der Waals surface area contributed by atoms with Crippen LogP contribution in [0.15, 0.2) is 22.9 Å². The zero-order chi connectivity index (χ0) is 14.7. The van der Waals surface area contributed by atoms with Gasteiger partial charge in [0.15, 0.2) is 0 Å². The number of nitrogens with one attached hydrogen (secondary N) is 1. The van der Waals surface area contributed by atoms with Crippen LogP contribution < -0.4 is 5.32 Å². The molecule has 0 spiro atoms. The minimum Gasteiger partial charge on any atom is -0.312 e. The average molecular weight is 327 g/mol. The second kappa shape index (κ2) is 6.36. The Morgan fingerprint density at radius 3 is 2.26 bits per heavy atom. The summed E-state index contributed by atoms with van der Waals surface area (Å²) in [6, 6.07) is 2.17. The molecule has 0 bridgehead atoms. The molecule has 1 unspecified atom stereocenters. The lowest BCUT2D eigenvalue weighted by Crippen LogP contribution is -2.42. The molecule has 2 nitrogen and oxygen atoms in total. The van der Waals surface area contributed by atoms with Gasteiger partial charge in [-0.3, -0.25) is 4.98 Å². The summed E-state index contributed by atoms with van der Waals surface area (Å²) in [6.45, 7) is 14.6. The van der Waals surface area contributed by atoms with Crippen molar-refractivity contribution in [2.45, 2.75) is 53.5 Å². The van der Waals surface area contributed by atoms with Crippen molar-refractivity contribution in [1.82, 2.24) is 10.3 Å². The van der Waals surface area contributed by atoms with Gasteiger partial charge in [-0.25, -0.2) is 0 Å². The Balaban J connectivity index is 2.76. The third-order valence-corrected chi connectivity index (χ3v) is 3.78. The normalized spacial score (nSPS) is 14.5. The maximum absolute atomic E-state index is 4.26. The Bertz CT molecular complexity index is 402. The van der Waals surface area contributed by atoms with Crippen LogP contribution in [0.4, 0.5) is 0 Å². The average Bonchev–Trinajstić information content (AvgIpc) is 2.21. The standard InChI is InChI=1S/C16H27BrN2/c1-15(2,3)13(10-19-16(4,5)6)7-12-8-14(17)11-18-9-12/h8-9,11,13,19H,7,10H2,1-6H3. The van der Waals surface area contributed by atoms with E-state index in [0.717, 1.165) is 17.4 Å². The van der Waals surface area contributed by atoms with Gasteiger partial charge in [-0.05, 0) is 72.6 Å². The Kier molecular flexibility index (Phi) is 5.57. The molecule has 0 aromatic carbocycles. The largest absolute Gasteiger partial charge is 0.312 e. The lowest BCUT2D eigenvalue weighted by atomic mass is 9.77. The Hall–Kier alpha value is -0.410. The summed E-state index contributed by atoms with van der Waals surface area (Å²) in [6.07, 6.45) is 4.86. The van der Waals surface area contributed by atoms with Crippen molar-refractivity contribution in [1.29, 1.82) is 0 Å². The maximum Gasteiger partial charge on any atom is 0.0410 e. The lowest BCUT2D eigenvalue weighted by molar-refractivity contribution is 0.214. The van der Waals surface area contributed by atoms with Crippen LogP contribution in [0.1, 0.15) is 47.1 Å². The number of nitrogens with zero attached hydrogens (tertiary/aromatic N) is 1. The van der Waals surface area contributed by atoms with E-state index in [1.807, 2.05) is 12.4 Å². The summed E-state index contributed by atoms with van der Waals surface area (Å²) in [5, 5.41) is 3.63. The van der Waals surface area contributed by atoms with Crippen molar-refractivity contribution in [3.8, 4) is 0 Å². The third kappa shape index (κ3) is 6.53. The van der Waals surface area contributed by atoms with Crippen molar-refractivity contribution in [3.63, 3.8) is 0 Å². The highest BCUT2D eigenvalue weighted by Gasteiger charge is 2.26. The molecule has 1 rings (SSSR count). The quantitative estimate of drug-likeness (QED) is 0.884. The van der Waals surface area contributed by atoms with Crippen molar-refractivity contribution in [2.75, 3.05) is 6.54 Å². The van der Waals surface area contributed by atoms with Gasteiger partial charge in [0.25, 0.3) is 0 Å². The smallest absolute Gasteiger partial charge is 0.0410 e. The molecule has 0 aliphatic rings.